The first kappa shape index (κ1) is 14.0. The molecule has 0 aliphatic carbocycles. The van der Waals surface area contributed by atoms with E-state index in [4.69, 9.17) is 9.84 Å². The molecule has 0 saturated carbocycles. The van der Waals surface area contributed by atoms with E-state index in [1.165, 1.54) is 0 Å². The number of benzene rings is 1. The minimum atomic E-state index is -0.301. The van der Waals surface area contributed by atoms with Crippen LogP contribution >= 0.6 is 0 Å². The summed E-state index contributed by atoms with van der Waals surface area (Å²) in [5.41, 5.74) is 0.568. The zero-order valence-corrected chi connectivity index (χ0v) is 10.4. The molecule has 0 radical (unpaired) electrons. The number of aliphatic hydroxyl groups excluding tert-OH is 2. The predicted molar refractivity (Wildman–Crippen MR) is 67.0 cm³/mol. The van der Waals surface area contributed by atoms with Crippen LogP contribution in [0.5, 0.6) is 5.75 Å². The normalized spacial score (nSPS) is 14.4. The van der Waals surface area contributed by atoms with Crippen LogP contribution in [0.1, 0.15) is 18.9 Å². The van der Waals surface area contributed by atoms with Crippen LogP contribution in [0.25, 0.3) is 0 Å². The average molecular weight is 239 g/mol. The number of hydrogen-bond acceptors (Lipinski definition) is 4. The third kappa shape index (κ3) is 4.34. The van der Waals surface area contributed by atoms with E-state index in [1.807, 2.05) is 38.2 Å². The van der Waals surface area contributed by atoms with Gasteiger partial charge in [0.2, 0.25) is 0 Å². The lowest BCUT2D eigenvalue weighted by atomic mass is 10.0. The van der Waals surface area contributed by atoms with Crippen LogP contribution in [-0.2, 0) is 6.61 Å². The van der Waals surface area contributed by atoms with Gasteiger partial charge < -0.3 is 20.3 Å². The van der Waals surface area contributed by atoms with E-state index in [-0.39, 0.29) is 18.8 Å². The zero-order valence-electron chi connectivity index (χ0n) is 10.4. The molecule has 0 fully saturated rings. The van der Waals surface area contributed by atoms with Crippen LogP contribution in [0.15, 0.2) is 24.3 Å². The molecule has 1 aromatic carbocycles. The van der Waals surface area contributed by atoms with Gasteiger partial charge >= 0.3 is 0 Å². The summed E-state index contributed by atoms with van der Waals surface area (Å²) in [7, 11) is 1.83. The molecule has 1 aromatic rings. The molecule has 0 spiro atoms. The lowest BCUT2D eigenvalue weighted by molar-refractivity contribution is 0.151. The summed E-state index contributed by atoms with van der Waals surface area (Å²) >= 11 is 0. The molecule has 0 saturated heterocycles. The average Bonchev–Trinajstić information content (AvgIpc) is 2.39. The van der Waals surface area contributed by atoms with Gasteiger partial charge in [-0.1, -0.05) is 12.1 Å². The van der Waals surface area contributed by atoms with Crippen molar-refractivity contribution in [1.82, 2.24) is 5.32 Å². The number of hydrogen-bond donors (Lipinski definition) is 3. The van der Waals surface area contributed by atoms with Gasteiger partial charge in [-0.25, -0.2) is 0 Å². The van der Waals surface area contributed by atoms with Gasteiger partial charge in [0.05, 0.1) is 19.8 Å². The van der Waals surface area contributed by atoms with Crippen LogP contribution in [0.3, 0.4) is 0 Å². The quantitative estimate of drug-likeness (QED) is 0.662. The van der Waals surface area contributed by atoms with Crippen molar-refractivity contribution in [2.24, 2.45) is 0 Å². The Labute approximate surface area is 102 Å². The van der Waals surface area contributed by atoms with Crippen LogP contribution in [0.4, 0.5) is 0 Å². The van der Waals surface area contributed by atoms with Gasteiger partial charge in [0.25, 0.3) is 0 Å². The van der Waals surface area contributed by atoms with E-state index in [1.54, 1.807) is 0 Å². The van der Waals surface area contributed by atoms with Crippen molar-refractivity contribution in [2.75, 3.05) is 20.3 Å². The molecule has 0 amide bonds. The molecule has 0 heterocycles. The fraction of sp³-hybridized carbons (Fsp3) is 0.538. The van der Waals surface area contributed by atoms with Crippen molar-refractivity contribution in [3.05, 3.63) is 29.8 Å². The summed E-state index contributed by atoms with van der Waals surface area (Å²) in [6, 6.07) is 7.33. The van der Waals surface area contributed by atoms with Crippen LogP contribution in [0, 0.1) is 0 Å². The van der Waals surface area contributed by atoms with Gasteiger partial charge in [-0.05, 0) is 31.7 Å². The summed E-state index contributed by atoms with van der Waals surface area (Å²) in [5.74, 6) is 0.776. The van der Waals surface area contributed by atoms with Crippen molar-refractivity contribution >= 4 is 0 Å². The molecule has 96 valence electrons. The minimum absolute atomic E-state index is 0.0443. The Morgan fingerprint density at radius 3 is 2.35 bits per heavy atom. The second kappa shape index (κ2) is 6.59. The first-order chi connectivity index (χ1) is 8.13. The molecule has 4 heteroatoms. The lowest BCUT2D eigenvalue weighted by Crippen LogP contribution is -2.44. The van der Waals surface area contributed by atoms with E-state index in [0.717, 1.165) is 17.7 Å². The third-order valence-corrected chi connectivity index (χ3v) is 2.98. The molecule has 1 rings (SSSR count). The Bertz CT molecular complexity index is 320. The monoisotopic (exact) mass is 239 g/mol. The SMILES string of the molecule is CNC(C)(CO)CCOc1ccc(CO)cc1. The summed E-state index contributed by atoms with van der Waals surface area (Å²) in [6.45, 7) is 2.61. The highest BCUT2D eigenvalue weighted by Gasteiger charge is 2.20. The molecule has 0 aromatic heterocycles. The van der Waals surface area contributed by atoms with Gasteiger partial charge in [-0.2, -0.15) is 0 Å². The maximum Gasteiger partial charge on any atom is 0.119 e. The predicted octanol–water partition coefficient (Wildman–Crippen LogP) is 0.918. The minimum Gasteiger partial charge on any atom is -0.494 e. The van der Waals surface area contributed by atoms with E-state index >= 15 is 0 Å². The fourth-order valence-electron chi connectivity index (χ4n) is 1.37. The highest BCUT2D eigenvalue weighted by atomic mass is 16.5. The topological polar surface area (TPSA) is 61.7 Å². The molecular formula is C13H21NO3. The summed E-state index contributed by atoms with van der Waals surface area (Å²) in [6.07, 6.45) is 0.724. The molecule has 3 N–H and O–H groups in total. The lowest BCUT2D eigenvalue weighted by Gasteiger charge is -2.26. The molecule has 0 bridgehead atoms. The number of rotatable bonds is 7. The van der Waals surface area contributed by atoms with Crippen molar-refractivity contribution in [1.29, 1.82) is 0 Å². The molecule has 4 nitrogen and oxygen atoms in total. The Hall–Kier alpha value is -1.10. The Morgan fingerprint density at radius 2 is 1.88 bits per heavy atom. The van der Waals surface area contributed by atoms with Gasteiger partial charge in [0, 0.05) is 12.0 Å². The summed E-state index contributed by atoms with van der Waals surface area (Å²) in [4.78, 5) is 0. The van der Waals surface area contributed by atoms with Gasteiger partial charge in [-0.15, -0.1) is 0 Å². The number of nitrogens with one attached hydrogen (secondary N) is 1. The largest absolute Gasteiger partial charge is 0.494 e. The highest BCUT2D eigenvalue weighted by Crippen LogP contribution is 2.14. The molecule has 1 unspecified atom stereocenters. The number of aliphatic hydroxyl groups is 2. The zero-order chi connectivity index (χ0) is 12.7. The molecule has 0 aliphatic rings. The van der Waals surface area contributed by atoms with Crippen LogP contribution in [-0.4, -0.2) is 36.0 Å². The Balaban J connectivity index is 2.40. The number of likely N-dealkylation sites (N-methyl/N-ethyl adjacent to an activating group) is 1. The Morgan fingerprint density at radius 1 is 1.24 bits per heavy atom. The van der Waals surface area contributed by atoms with Gasteiger partial charge in [-0.3, -0.25) is 0 Å². The Kier molecular flexibility index (Phi) is 5.41. The van der Waals surface area contributed by atoms with Crippen molar-refractivity contribution in [2.45, 2.75) is 25.5 Å². The maximum atomic E-state index is 9.20. The van der Waals surface area contributed by atoms with Gasteiger partial charge in [0.15, 0.2) is 0 Å². The second-order valence-corrected chi connectivity index (χ2v) is 4.37. The third-order valence-electron chi connectivity index (χ3n) is 2.98. The van der Waals surface area contributed by atoms with Crippen molar-refractivity contribution in [3.63, 3.8) is 0 Å². The standard InChI is InChI=1S/C13H21NO3/c1-13(10-16,14-2)7-8-17-12-5-3-11(9-15)4-6-12/h3-6,14-16H,7-10H2,1-2H3. The smallest absolute Gasteiger partial charge is 0.119 e. The van der Waals surface area contributed by atoms with E-state index in [0.29, 0.717) is 6.61 Å². The maximum absolute atomic E-state index is 9.20. The number of ether oxygens (including phenoxy) is 1. The van der Waals surface area contributed by atoms with E-state index in [9.17, 15) is 5.11 Å². The van der Waals surface area contributed by atoms with Gasteiger partial charge in [0.1, 0.15) is 5.75 Å². The molecule has 0 aliphatic heterocycles. The summed E-state index contributed by atoms with van der Waals surface area (Å²) in [5, 5.41) is 21.2. The van der Waals surface area contributed by atoms with Crippen molar-refractivity contribution < 1.29 is 14.9 Å². The second-order valence-electron chi connectivity index (χ2n) is 4.37. The fourth-order valence-corrected chi connectivity index (χ4v) is 1.37. The van der Waals surface area contributed by atoms with Crippen LogP contribution in [0.2, 0.25) is 0 Å². The van der Waals surface area contributed by atoms with Crippen molar-refractivity contribution in [3.8, 4) is 5.75 Å². The summed E-state index contributed by atoms with van der Waals surface area (Å²) < 4.78 is 5.57. The highest BCUT2D eigenvalue weighted by molar-refractivity contribution is 5.26. The first-order valence-electron chi connectivity index (χ1n) is 5.76. The molecular weight excluding hydrogens is 218 g/mol. The first-order valence-corrected chi connectivity index (χ1v) is 5.76. The van der Waals surface area contributed by atoms with Crippen LogP contribution < -0.4 is 10.1 Å². The molecule has 1 atom stereocenters. The molecule has 17 heavy (non-hydrogen) atoms. The van der Waals surface area contributed by atoms with E-state index in [2.05, 4.69) is 5.32 Å². The van der Waals surface area contributed by atoms with E-state index < -0.39 is 0 Å².